The van der Waals surface area contributed by atoms with Crippen LogP contribution in [-0.2, 0) is 0 Å². The van der Waals surface area contributed by atoms with Crippen molar-refractivity contribution in [3.63, 3.8) is 0 Å². The second-order valence-electron chi connectivity index (χ2n) is 5.14. The molecule has 4 heteroatoms. The Morgan fingerprint density at radius 1 is 1.44 bits per heavy atom. The fraction of sp³-hybridized carbons (Fsp3) is 0.571. The highest BCUT2D eigenvalue weighted by molar-refractivity contribution is 7.80. The van der Waals surface area contributed by atoms with Crippen molar-refractivity contribution in [1.29, 1.82) is 0 Å². The van der Waals surface area contributed by atoms with Crippen LogP contribution >= 0.6 is 12.2 Å². The number of aromatic nitrogens is 1. The van der Waals surface area contributed by atoms with Crippen molar-refractivity contribution in [3.05, 3.63) is 23.9 Å². The van der Waals surface area contributed by atoms with Crippen molar-refractivity contribution in [2.45, 2.75) is 51.5 Å². The van der Waals surface area contributed by atoms with E-state index in [0.29, 0.717) is 5.11 Å². The molecule has 1 fully saturated rings. The third-order valence-electron chi connectivity index (χ3n) is 3.77. The van der Waals surface area contributed by atoms with Crippen molar-refractivity contribution < 1.29 is 0 Å². The van der Waals surface area contributed by atoms with Crippen LogP contribution in [0.2, 0.25) is 0 Å². The van der Waals surface area contributed by atoms with Gasteiger partial charge in [-0.15, -0.1) is 0 Å². The largest absolute Gasteiger partial charge is 0.357 e. The lowest BCUT2D eigenvalue weighted by Crippen LogP contribution is -2.47. The molecule has 0 aromatic carbocycles. The number of hydrogen-bond donors (Lipinski definition) is 2. The number of hydrogen-bond acceptors (Lipinski definition) is 2. The molecule has 1 aromatic heterocycles. The van der Waals surface area contributed by atoms with Crippen LogP contribution < -0.4 is 10.6 Å². The Kier molecular flexibility index (Phi) is 4.17. The Labute approximate surface area is 114 Å². The second kappa shape index (κ2) is 5.65. The molecule has 0 amide bonds. The zero-order chi connectivity index (χ0) is 13.0. The fourth-order valence-electron chi connectivity index (χ4n) is 2.61. The van der Waals surface area contributed by atoms with Gasteiger partial charge in [-0.2, -0.15) is 0 Å². The Balaban J connectivity index is 1.96. The molecule has 1 heterocycles. The molecule has 98 valence electrons. The predicted octanol–water partition coefficient (Wildman–Crippen LogP) is 3.40. The summed E-state index contributed by atoms with van der Waals surface area (Å²) in [4.78, 5) is 4.26. The van der Waals surface area contributed by atoms with Crippen molar-refractivity contribution >= 4 is 23.1 Å². The molecule has 1 aromatic rings. The van der Waals surface area contributed by atoms with E-state index in [2.05, 4.69) is 22.5 Å². The first-order valence-electron chi connectivity index (χ1n) is 6.65. The summed E-state index contributed by atoms with van der Waals surface area (Å²) < 4.78 is 0. The molecule has 0 unspecified atom stereocenters. The molecule has 0 bridgehead atoms. The van der Waals surface area contributed by atoms with E-state index in [4.69, 9.17) is 12.2 Å². The van der Waals surface area contributed by atoms with Crippen molar-refractivity contribution in [2.24, 2.45) is 0 Å². The minimum Gasteiger partial charge on any atom is -0.357 e. The lowest BCUT2D eigenvalue weighted by molar-refractivity contribution is 0.378. The number of anilines is 1. The first-order valence-corrected chi connectivity index (χ1v) is 7.06. The van der Waals surface area contributed by atoms with Gasteiger partial charge in [-0.3, -0.25) is 0 Å². The Morgan fingerprint density at radius 3 is 2.78 bits per heavy atom. The molecule has 1 aliphatic carbocycles. The number of nitrogens with one attached hydrogen (secondary N) is 2. The van der Waals surface area contributed by atoms with Gasteiger partial charge in [0.1, 0.15) is 5.82 Å². The van der Waals surface area contributed by atoms with Gasteiger partial charge >= 0.3 is 0 Å². The van der Waals surface area contributed by atoms with Gasteiger partial charge in [0.15, 0.2) is 5.11 Å². The molecule has 1 aliphatic rings. The highest BCUT2D eigenvalue weighted by Crippen LogP contribution is 2.32. The maximum absolute atomic E-state index is 5.39. The first-order chi connectivity index (χ1) is 8.63. The number of pyridine rings is 1. The van der Waals surface area contributed by atoms with Crippen LogP contribution in [0.4, 0.5) is 5.82 Å². The standard InChI is InChI=1S/C14H21N3S/c1-3-14(7-4-5-8-14)17-13(18)16-12-10-11(2)6-9-15-12/h6,9-10H,3-5,7-8H2,1-2H3,(H2,15,16,17,18). The molecule has 18 heavy (non-hydrogen) atoms. The fourth-order valence-corrected chi connectivity index (χ4v) is 2.93. The summed E-state index contributed by atoms with van der Waals surface area (Å²) in [7, 11) is 0. The summed E-state index contributed by atoms with van der Waals surface area (Å²) in [5.41, 5.74) is 1.38. The number of aryl methyl sites for hydroxylation is 1. The maximum Gasteiger partial charge on any atom is 0.172 e. The average Bonchev–Trinajstić information content (AvgIpc) is 2.78. The summed E-state index contributed by atoms with van der Waals surface area (Å²) in [6.07, 6.45) is 7.94. The number of thiocarbonyl (C=S) groups is 1. The summed E-state index contributed by atoms with van der Waals surface area (Å²) >= 11 is 5.39. The molecule has 2 rings (SSSR count). The molecular formula is C14H21N3S. The third kappa shape index (κ3) is 3.19. The lowest BCUT2D eigenvalue weighted by Gasteiger charge is -2.30. The molecule has 0 spiro atoms. The minimum absolute atomic E-state index is 0.202. The highest BCUT2D eigenvalue weighted by atomic mass is 32.1. The normalized spacial score (nSPS) is 17.4. The summed E-state index contributed by atoms with van der Waals surface area (Å²) in [5.74, 6) is 0.816. The van der Waals surface area contributed by atoms with Gasteiger partial charge in [0.2, 0.25) is 0 Å². The molecule has 0 atom stereocenters. The quantitative estimate of drug-likeness (QED) is 0.820. The van der Waals surface area contributed by atoms with Crippen LogP contribution in [0.1, 0.15) is 44.6 Å². The van der Waals surface area contributed by atoms with Crippen LogP contribution in [0.3, 0.4) is 0 Å². The van der Waals surface area contributed by atoms with Gasteiger partial charge in [0.25, 0.3) is 0 Å². The van der Waals surface area contributed by atoms with Crippen LogP contribution in [0.5, 0.6) is 0 Å². The van der Waals surface area contributed by atoms with E-state index in [1.807, 2.05) is 19.1 Å². The van der Waals surface area contributed by atoms with Gasteiger partial charge in [0, 0.05) is 11.7 Å². The zero-order valence-corrected chi connectivity index (χ0v) is 11.9. The van der Waals surface area contributed by atoms with E-state index in [9.17, 15) is 0 Å². The van der Waals surface area contributed by atoms with Gasteiger partial charge < -0.3 is 10.6 Å². The van der Waals surface area contributed by atoms with Gasteiger partial charge in [-0.1, -0.05) is 19.8 Å². The maximum atomic E-state index is 5.39. The van der Waals surface area contributed by atoms with Crippen molar-refractivity contribution in [1.82, 2.24) is 10.3 Å². The van der Waals surface area contributed by atoms with Crippen molar-refractivity contribution in [2.75, 3.05) is 5.32 Å². The van der Waals surface area contributed by atoms with E-state index < -0.39 is 0 Å². The van der Waals surface area contributed by atoms with Gasteiger partial charge in [-0.25, -0.2) is 4.98 Å². The Hall–Kier alpha value is -1.16. The highest BCUT2D eigenvalue weighted by Gasteiger charge is 2.32. The summed E-state index contributed by atoms with van der Waals surface area (Å²) in [6, 6.07) is 3.98. The lowest BCUT2D eigenvalue weighted by atomic mass is 9.95. The monoisotopic (exact) mass is 263 g/mol. The Morgan fingerprint density at radius 2 is 2.17 bits per heavy atom. The van der Waals surface area contributed by atoms with Gasteiger partial charge in [-0.05, 0) is 56.1 Å². The molecule has 0 radical (unpaired) electrons. The number of rotatable bonds is 3. The smallest absolute Gasteiger partial charge is 0.172 e. The number of nitrogens with zero attached hydrogens (tertiary/aromatic N) is 1. The minimum atomic E-state index is 0.202. The molecular weight excluding hydrogens is 242 g/mol. The van der Waals surface area contributed by atoms with Crippen molar-refractivity contribution in [3.8, 4) is 0 Å². The van der Waals surface area contributed by atoms with Crippen LogP contribution in [0.15, 0.2) is 18.3 Å². The first kappa shape index (κ1) is 13.3. The van der Waals surface area contributed by atoms with Crippen LogP contribution in [0, 0.1) is 6.92 Å². The topological polar surface area (TPSA) is 37.0 Å². The summed E-state index contributed by atoms with van der Waals surface area (Å²) in [5, 5.41) is 7.36. The third-order valence-corrected chi connectivity index (χ3v) is 3.98. The molecule has 0 saturated heterocycles. The molecule has 1 saturated carbocycles. The van der Waals surface area contributed by atoms with Gasteiger partial charge in [0.05, 0.1) is 0 Å². The van der Waals surface area contributed by atoms with E-state index >= 15 is 0 Å². The van der Waals surface area contributed by atoms with Crippen LogP contribution in [-0.4, -0.2) is 15.6 Å². The summed E-state index contributed by atoms with van der Waals surface area (Å²) in [6.45, 7) is 4.28. The molecule has 0 aliphatic heterocycles. The zero-order valence-electron chi connectivity index (χ0n) is 11.1. The average molecular weight is 263 g/mol. The molecule has 3 nitrogen and oxygen atoms in total. The SMILES string of the molecule is CCC1(NC(=S)Nc2cc(C)ccn2)CCCC1. The predicted molar refractivity (Wildman–Crippen MR) is 79.8 cm³/mol. The Bertz CT molecular complexity index is 425. The van der Waals surface area contributed by atoms with E-state index in [1.165, 1.54) is 31.2 Å². The van der Waals surface area contributed by atoms with E-state index in [0.717, 1.165) is 12.2 Å². The second-order valence-corrected chi connectivity index (χ2v) is 5.55. The van der Waals surface area contributed by atoms with Crippen LogP contribution in [0.25, 0.3) is 0 Å². The van der Waals surface area contributed by atoms with E-state index in [1.54, 1.807) is 6.20 Å². The van der Waals surface area contributed by atoms with E-state index in [-0.39, 0.29) is 5.54 Å². The molecule has 2 N–H and O–H groups in total.